The zero-order valence-electron chi connectivity index (χ0n) is 17.9. The fourth-order valence-corrected chi connectivity index (χ4v) is 4.35. The molecule has 0 aliphatic carbocycles. The van der Waals surface area contributed by atoms with Crippen molar-refractivity contribution < 1.29 is 14.3 Å². The smallest absolute Gasteiger partial charge is 0.266 e. The van der Waals surface area contributed by atoms with Gasteiger partial charge in [-0.2, -0.15) is 0 Å². The maximum Gasteiger partial charge on any atom is 0.266 e. The number of aromatic nitrogens is 3. The van der Waals surface area contributed by atoms with E-state index >= 15 is 0 Å². The molecule has 1 aliphatic heterocycles. The molecule has 1 fully saturated rings. The fourth-order valence-electron chi connectivity index (χ4n) is 3.34. The first kappa shape index (κ1) is 21.8. The van der Waals surface area contributed by atoms with E-state index in [2.05, 4.69) is 25.2 Å². The molecule has 0 saturated carbocycles. The van der Waals surface area contributed by atoms with Crippen LogP contribution in [-0.2, 0) is 9.53 Å². The molecule has 0 atom stereocenters. The standard InChI is InChI=1S/C22H24N6O3S/c1-15-19(32-21(25-15)20-23-8-3-9-24-20)22(30)27(2)14-18(29)26-16-4-6-17(7-5-16)28-10-12-31-13-11-28/h3-9H,10-14H2,1-2H3,(H,26,29). The van der Waals surface area contributed by atoms with Crippen LogP contribution in [0.4, 0.5) is 11.4 Å². The highest BCUT2D eigenvalue weighted by Gasteiger charge is 2.22. The SMILES string of the molecule is Cc1nc(-c2ncccn2)sc1C(=O)N(C)CC(=O)Nc1ccc(N2CCOCC2)cc1. The second kappa shape index (κ2) is 9.84. The lowest BCUT2D eigenvalue weighted by Gasteiger charge is -2.28. The Bertz CT molecular complexity index is 1080. The second-order valence-corrected chi connectivity index (χ2v) is 8.36. The van der Waals surface area contributed by atoms with Crippen molar-refractivity contribution >= 4 is 34.5 Å². The number of hydrogen-bond acceptors (Lipinski definition) is 8. The number of likely N-dealkylation sites (N-methyl/N-ethyl adjacent to an activating group) is 1. The molecule has 1 aromatic carbocycles. The molecule has 0 unspecified atom stereocenters. The van der Waals surface area contributed by atoms with Crippen LogP contribution < -0.4 is 10.2 Å². The molecule has 4 rings (SSSR count). The Morgan fingerprint density at radius 2 is 1.84 bits per heavy atom. The normalized spacial score (nSPS) is 13.6. The molecule has 1 N–H and O–H groups in total. The van der Waals surface area contributed by atoms with Crippen LogP contribution in [0.5, 0.6) is 0 Å². The number of amides is 2. The van der Waals surface area contributed by atoms with Crippen molar-refractivity contribution in [2.75, 3.05) is 50.1 Å². The number of ether oxygens (including phenoxy) is 1. The van der Waals surface area contributed by atoms with Crippen LogP contribution in [0.3, 0.4) is 0 Å². The van der Waals surface area contributed by atoms with Gasteiger partial charge in [-0.15, -0.1) is 11.3 Å². The van der Waals surface area contributed by atoms with Crippen LogP contribution in [0.1, 0.15) is 15.4 Å². The number of aryl methyl sites for hydroxylation is 1. The summed E-state index contributed by atoms with van der Waals surface area (Å²) in [6.07, 6.45) is 3.26. The van der Waals surface area contributed by atoms with Crippen LogP contribution in [0.2, 0.25) is 0 Å². The molecule has 32 heavy (non-hydrogen) atoms. The Hall–Kier alpha value is -3.37. The number of nitrogens with one attached hydrogen (secondary N) is 1. The summed E-state index contributed by atoms with van der Waals surface area (Å²) in [5.41, 5.74) is 2.37. The third-order valence-electron chi connectivity index (χ3n) is 5.00. The Balaban J connectivity index is 1.35. The Morgan fingerprint density at radius 1 is 1.16 bits per heavy atom. The molecule has 10 heteroatoms. The summed E-state index contributed by atoms with van der Waals surface area (Å²) in [7, 11) is 1.60. The number of thiazole rings is 1. The van der Waals surface area contributed by atoms with E-state index in [1.807, 2.05) is 24.3 Å². The van der Waals surface area contributed by atoms with E-state index in [0.717, 1.165) is 32.0 Å². The average molecular weight is 453 g/mol. The van der Waals surface area contributed by atoms with Crippen molar-refractivity contribution in [2.45, 2.75) is 6.92 Å². The topological polar surface area (TPSA) is 101 Å². The minimum Gasteiger partial charge on any atom is -0.378 e. The van der Waals surface area contributed by atoms with Gasteiger partial charge in [-0.3, -0.25) is 9.59 Å². The summed E-state index contributed by atoms with van der Waals surface area (Å²) in [5.74, 6) is -0.0608. The van der Waals surface area contributed by atoms with Gasteiger partial charge in [0.2, 0.25) is 5.91 Å². The minimum absolute atomic E-state index is 0.0709. The zero-order chi connectivity index (χ0) is 22.5. The van der Waals surface area contributed by atoms with Gasteiger partial charge in [0.1, 0.15) is 4.88 Å². The largest absolute Gasteiger partial charge is 0.378 e. The van der Waals surface area contributed by atoms with Gasteiger partial charge in [-0.05, 0) is 37.3 Å². The number of nitrogens with zero attached hydrogens (tertiary/aromatic N) is 5. The van der Waals surface area contributed by atoms with Gasteiger partial charge >= 0.3 is 0 Å². The lowest BCUT2D eigenvalue weighted by Crippen LogP contribution is -2.36. The molecule has 2 aromatic heterocycles. The van der Waals surface area contributed by atoms with E-state index in [1.54, 1.807) is 32.4 Å². The summed E-state index contributed by atoms with van der Waals surface area (Å²) in [5, 5.41) is 3.42. The van der Waals surface area contributed by atoms with E-state index < -0.39 is 0 Å². The second-order valence-electron chi connectivity index (χ2n) is 7.36. The highest BCUT2D eigenvalue weighted by Crippen LogP contribution is 2.26. The summed E-state index contributed by atoms with van der Waals surface area (Å²) in [6.45, 7) is 4.84. The molecule has 0 bridgehead atoms. The summed E-state index contributed by atoms with van der Waals surface area (Å²) < 4.78 is 5.38. The number of benzene rings is 1. The van der Waals surface area contributed by atoms with Crippen molar-refractivity contribution in [2.24, 2.45) is 0 Å². The van der Waals surface area contributed by atoms with Crippen molar-refractivity contribution in [3.05, 3.63) is 53.3 Å². The zero-order valence-corrected chi connectivity index (χ0v) is 18.8. The van der Waals surface area contributed by atoms with E-state index in [1.165, 1.54) is 16.2 Å². The molecule has 2 amide bonds. The Kier molecular flexibility index (Phi) is 6.72. The highest BCUT2D eigenvalue weighted by molar-refractivity contribution is 7.17. The Morgan fingerprint density at radius 3 is 2.53 bits per heavy atom. The number of carbonyl (C=O) groups is 2. The molecule has 9 nitrogen and oxygen atoms in total. The van der Waals surface area contributed by atoms with E-state index in [4.69, 9.17) is 4.74 Å². The van der Waals surface area contributed by atoms with Gasteiger partial charge in [0.15, 0.2) is 10.8 Å². The number of rotatable bonds is 6. The van der Waals surface area contributed by atoms with Gasteiger partial charge < -0.3 is 19.9 Å². The van der Waals surface area contributed by atoms with Gasteiger partial charge in [-0.1, -0.05) is 0 Å². The molecule has 166 valence electrons. The molecule has 3 heterocycles. The van der Waals surface area contributed by atoms with Crippen molar-refractivity contribution in [1.82, 2.24) is 19.9 Å². The number of hydrogen-bond donors (Lipinski definition) is 1. The van der Waals surface area contributed by atoms with Crippen molar-refractivity contribution in [3.8, 4) is 10.8 Å². The van der Waals surface area contributed by atoms with Crippen LogP contribution in [0.25, 0.3) is 10.8 Å². The average Bonchev–Trinajstić information content (AvgIpc) is 3.21. The number of carbonyl (C=O) groups excluding carboxylic acids is 2. The third-order valence-corrected chi connectivity index (χ3v) is 6.14. The summed E-state index contributed by atoms with van der Waals surface area (Å²) in [6, 6.07) is 9.40. The molecule has 0 radical (unpaired) electrons. The van der Waals surface area contributed by atoms with Crippen LogP contribution in [0, 0.1) is 6.92 Å². The van der Waals surface area contributed by atoms with Crippen molar-refractivity contribution in [3.63, 3.8) is 0 Å². The predicted molar refractivity (Wildman–Crippen MR) is 123 cm³/mol. The maximum absolute atomic E-state index is 12.9. The van der Waals surface area contributed by atoms with E-state index in [9.17, 15) is 9.59 Å². The summed E-state index contributed by atoms with van der Waals surface area (Å²) >= 11 is 1.22. The lowest BCUT2D eigenvalue weighted by molar-refractivity contribution is -0.116. The highest BCUT2D eigenvalue weighted by atomic mass is 32.1. The van der Waals surface area contributed by atoms with Crippen molar-refractivity contribution in [1.29, 1.82) is 0 Å². The van der Waals surface area contributed by atoms with Crippen LogP contribution in [-0.4, -0.2) is 71.6 Å². The van der Waals surface area contributed by atoms with Gasteiger partial charge in [-0.25, -0.2) is 15.0 Å². The molecule has 1 aliphatic rings. The first-order valence-corrected chi connectivity index (χ1v) is 11.1. The van der Waals surface area contributed by atoms with Gasteiger partial charge in [0.05, 0.1) is 25.5 Å². The first-order chi connectivity index (χ1) is 15.5. The maximum atomic E-state index is 12.9. The van der Waals surface area contributed by atoms with Gasteiger partial charge in [0.25, 0.3) is 5.91 Å². The molecule has 0 spiro atoms. The quantitative estimate of drug-likeness (QED) is 0.613. The molecular formula is C22H24N6O3S. The molecular weight excluding hydrogens is 428 g/mol. The third kappa shape index (κ3) is 5.09. The number of morpholine rings is 1. The number of anilines is 2. The van der Waals surface area contributed by atoms with Gasteiger partial charge in [0, 0.05) is 43.9 Å². The summed E-state index contributed by atoms with van der Waals surface area (Å²) in [4.78, 5) is 42.2. The van der Waals surface area contributed by atoms with Crippen LogP contribution >= 0.6 is 11.3 Å². The monoisotopic (exact) mass is 452 g/mol. The van der Waals surface area contributed by atoms with E-state index in [0.29, 0.717) is 27.1 Å². The fraction of sp³-hybridized carbons (Fsp3) is 0.318. The minimum atomic E-state index is -0.270. The molecule has 3 aromatic rings. The van der Waals surface area contributed by atoms with Crippen LogP contribution in [0.15, 0.2) is 42.7 Å². The predicted octanol–water partition coefficient (Wildman–Crippen LogP) is 2.46. The first-order valence-electron chi connectivity index (χ1n) is 10.2. The Labute approximate surface area is 190 Å². The van der Waals surface area contributed by atoms with E-state index in [-0.39, 0.29) is 18.4 Å². The molecule has 1 saturated heterocycles. The lowest BCUT2D eigenvalue weighted by atomic mass is 10.2.